The Morgan fingerprint density at radius 1 is 1.32 bits per heavy atom. The number of carbonyl (C=O) groups excluding carboxylic acids is 3. The molecule has 1 aliphatic heterocycles. The van der Waals surface area contributed by atoms with E-state index >= 15 is 0 Å². The topological polar surface area (TPSA) is 82.1 Å². The number of amides is 1. The number of hydrogen-bond acceptors (Lipinski definition) is 7. The van der Waals surface area contributed by atoms with Gasteiger partial charge in [0, 0.05) is 6.54 Å². The first-order valence-electron chi connectivity index (χ1n) is 9.03. The first-order chi connectivity index (χ1) is 13.4. The van der Waals surface area contributed by atoms with Gasteiger partial charge < -0.3 is 19.1 Å². The summed E-state index contributed by atoms with van der Waals surface area (Å²) in [5.41, 5.74) is 0.417. The number of ether oxygens (including phenoxy) is 3. The van der Waals surface area contributed by atoms with Gasteiger partial charge in [-0.1, -0.05) is 31.7 Å². The molecule has 1 saturated heterocycles. The minimum Gasteiger partial charge on any atom is -0.493 e. The Morgan fingerprint density at radius 2 is 2.11 bits per heavy atom. The minimum atomic E-state index is -0.506. The van der Waals surface area contributed by atoms with Gasteiger partial charge in [0.25, 0.3) is 0 Å². The zero-order valence-corrected chi connectivity index (χ0v) is 17.1. The summed E-state index contributed by atoms with van der Waals surface area (Å²) in [5, 5.41) is 0.554. The molecule has 0 aliphatic carbocycles. The molecule has 0 N–H and O–H groups in total. The van der Waals surface area contributed by atoms with E-state index in [1.807, 2.05) is 13.8 Å². The van der Waals surface area contributed by atoms with Gasteiger partial charge in [-0.15, -0.1) is 0 Å². The summed E-state index contributed by atoms with van der Waals surface area (Å²) in [4.78, 5) is 37.0. The largest absolute Gasteiger partial charge is 0.493 e. The first kappa shape index (κ1) is 21.8. The van der Waals surface area contributed by atoms with Crippen LogP contribution in [-0.4, -0.2) is 55.4 Å². The molecule has 0 atom stereocenters. The van der Waals surface area contributed by atoms with Crippen molar-refractivity contribution in [1.82, 2.24) is 4.90 Å². The monoisotopic (exact) mass is 407 g/mol. The van der Waals surface area contributed by atoms with Crippen molar-refractivity contribution in [1.29, 1.82) is 0 Å². The maximum Gasteiger partial charge on any atom is 0.338 e. The lowest BCUT2D eigenvalue weighted by Gasteiger charge is -2.16. The smallest absolute Gasteiger partial charge is 0.338 e. The van der Waals surface area contributed by atoms with Crippen LogP contribution in [0.4, 0.5) is 0 Å². The Labute approximate surface area is 169 Å². The number of thioether (sulfide) groups is 1. The van der Waals surface area contributed by atoms with E-state index in [9.17, 15) is 14.4 Å². The van der Waals surface area contributed by atoms with Gasteiger partial charge in [-0.2, -0.15) is 0 Å². The summed E-state index contributed by atoms with van der Waals surface area (Å²) < 4.78 is 15.5. The van der Waals surface area contributed by atoms with Crippen LogP contribution < -0.4 is 4.74 Å². The van der Waals surface area contributed by atoms with Crippen molar-refractivity contribution in [2.24, 2.45) is 5.92 Å². The third kappa shape index (κ3) is 6.60. The molecule has 0 bridgehead atoms. The molecule has 28 heavy (non-hydrogen) atoms. The molecule has 1 aromatic rings. The molecule has 1 heterocycles. The fraction of sp³-hybridized carbons (Fsp3) is 0.450. The minimum absolute atomic E-state index is 0.0820. The predicted octanol–water partition coefficient (Wildman–Crippen LogP) is 2.86. The summed E-state index contributed by atoms with van der Waals surface area (Å²) in [7, 11) is 1.29. The number of rotatable bonds is 9. The van der Waals surface area contributed by atoms with Crippen molar-refractivity contribution in [3.05, 3.63) is 40.9 Å². The van der Waals surface area contributed by atoms with E-state index in [-0.39, 0.29) is 18.3 Å². The van der Waals surface area contributed by atoms with Gasteiger partial charge in [0.15, 0.2) is 0 Å². The van der Waals surface area contributed by atoms with Crippen LogP contribution in [0, 0.1) is 5.92 Å². The van der Waals surface area contributed by atoms with Crippen LogP contribution in [-0.2, 0) is 19.1 Å². The molecule has 1 fully saturated rings. The molecule has 1 aromatic carbocycles. The molecule has 0 spiro atoms. The summed E-state index contributed by atoms with van der Waals surface area (Å²) in [6.07, 6.45) is 1.75. The second-order valence-corrected chi connectivity index (χ2v) is 7.56. The van der Waals surface area contributed by atoms with Crippen LogP contribution in [0.2, 0.25) is 0 Å². The average Bonchev–Trinajstić information content (AvgIpc) is 3.02. The van der Waals surface area contributed by atoms with Gasteiger partial charge in [0.1, 0.15) is 5.75 Å². The van der Waals surface area contributed by atoms with Gasteiger partial charge in [-0.3, -0.25) is 4.79 Å². The van der Waals surface area contributed by atoms with E-state index in [1.54, 1.807) is 24.3 Å². The van der Waals surface area contributed by atoms with Crippen LogP contribution >= 0.6 is 11.8 Å². The van der Waals surface area contributed by atoms with Crippen molar-refractivity contribution < 1.29 is 28.6 Å². The quantitative estimate of drug-likeness (QED) is 0.354. The second-order valence-electron chi connectivity index (χ2n) is 6.56. The number of benzene rings is 1. The SMILES string of the molecule is COC(=O)/C=C1/SCC(=O)N1CCCOC(=O)c1cccc(OCC(C)C)c1. The highest BCUT2D eigenvalue weighted by Gasteiger charge is 2.27. The predicted molar refractivity (Wildman–Crippen MR) is 106 cm³/mol. The van der Waals surface area contributed by atoms with E-state index < -0.39 is 11.9 Å². The molecule has 7 nitrogen and oxygen atoms in total. The van der Waals surface area contributed by atoms with E-state index in [0.717, 1.165) is 0 Å². The van der Waals surface area contributed by atoms with Crippen LogP contribution in [0.1, 0.15) is 30.6 Å². The van der Waals surface area contributed by atoms with E-state index in [4.69, 9.17) is 9.47 Å². The standard InChI is InChI=1S/C20H25NO6S/c1-14(2)12-27-16-7-4-6-15(10-16)20(24)26-9-5-8-21-17(22)13-28-18(21)11-19(23)25-3/h4,6-7,10-11,14H,5,8-9,12-13H2,1-3H3/b18-11+. The Balaban J connectivity index is 1.82. The number of methoxy groups -OCH3 is 1. The van der Waals surface area contributed by atoms with Crippen molar-refractivity contribution >= 4 is 29.6 Å². The lowest BCUT2D eigenvalue weighted by molar-refractivity contribution is -0.134. The van der Waals surface area contributed by atoms with Crippen molar-refractivity contribution in [3.8, 4) is 5.75 Å². The third-order valence-electron chi connectivity index (χ3n) is 3.77. The summed E-state index contributed by atoms with van der Waals surface area (Å²) in [6, 6.07) is 6.87. The van der Waals surface area contributed by atoms with Crippen LogP contribution in [0.25, 0.3) is 0 Å². The van der Waals surface area contributed by atoms with Gasteiger partial charge >= 0.3 is 11.9 Å². The zero-order chi connectivity index (χ0) is 20.5. The average molecular weight is 407 g/mol. The fourth-order valence-corrected chi connectivity index (χ4v) is 3.33. The van der Waals surface area contributed by atoms with Crippen molar-refractivity contribution in [2.75, 3.05) is 32.6 Å². The number of carbonyl (C=O) groups is 3. The summed E-state index contributed by atoms with van der Waals surface area (Å²) >= 11 is 1.29. The van der Waals surface area contributed by atoms with Crippen molar-refractivity contribution in [3.63, 3.8) is 0 Å². The lowest BCUT2D eigenvalue weighted by Crippen LogP contribution is -2.27. The molecule has 0 unspecified atom stereocenters. The Bertz CT molecular complexity index is 746. The highest BCUT2D eigenvalue weighted by atomic mass is 32.2. The molecule has 2 rings (SSSR count). The Morgan fingerprint density at radius 3 is 2.82 bits per heavy atom. The number of esters is 2. The maximum absolute atomic E-state index is 12.2. The lowest BCUT2D eigenvalue weighted by atomic mass is 10.2. The van der Waals surface area contributed by atoms with E-state index in [0.29, 0.717) is 41.8 Å². The fourth-order valence-electron chi connectivity index (χ4n) is 2.38. The molecule has 1 aliphatic rings. The Hall–Kier alpha value is -2.48. The molecular formula is C20H25NO6S. The zero-order valence-electron chi connectivity index (χ0n) is 16.3. The highest BCUT2D eigenvalue weighted by Crippen LogP contribution is 2.28. The van der Waals surface area contributed by atoms with Crippen LogP contribution in [0.5, 0.6) is 5.75 Å². The molecule has 0 radical (unpaired) electrons. The highest BCUT2D eigenvalue weighted by molar-refractivity contribution is 8.04. The molecule has 8 heteroatoms. The molecule has 0 saturated carbocycles. The van der Waals surface area contributed by atoms with E-state index in [1.165, 1.54) is 29.8 Å². The van der Waals surface area contributed by atoms with Gasteiger partial charge in [0.05, 0.1) is 42.7 Å². The Kier molecular flexibility index (Phi) is 8.38. The third-order valence-corrected chi connectivity index (χ3v) is 4.79. The normalized spacial score (nSPS) is 15.2. The van der Waals surface area contributed by atoms with Gasteiger partial charge in [-0.05, 0) is 30.5 Å². The molecule has 0 aromatic heterocycles. The second kappa shape index (κ2) is 10.8. The van der Waals surface area contributed by atoms with Gasteiger partial charge in [0.2, 0.25) is 5.91 Å². The molecular weight excluding hydrogens is 382 g/mol. The molecule has 152 valence electrons. The maximum atomic E-state index is 12.2. The van der Waals surface area contributed by atoms with Crippen LogP contribution in [0.3, 0.4) is 0 Å². The number of nitrogens with zero attached hydrogens (tertiary/aromatic N) is 1. The number of hydrogen-bond donors (Lipinski definition) is 0. The first-order valence-corrected chi connectivity index (χ1v) is 10.0. The van der Waals surface area contributed by atoms with Crippen molar-refractivity contribution in [2.45, 2.75) is 20.3 Å². The van der Waals surface area contributed by atoms with E-state index in [2.05, 4.69) is 4.74 Å². The van der Waals surface area contributed by atoms with Crippen LogP contribution in [0.15, 0.2) is 35.4 Å². The van der Waals surface area contributed by atoms with Gasteiger partial charge in [-0.25, -0.2) is 9.59 Å². The molecule has 1 amide bonds. The summed E-state index contributed by atoms with van der Waals surface area (Å²) in [5.74, 6) is 0.268. The summed E-state index contributed by atoms with van der Waals surface area (Å²) in [6.45, 7) is 5.19.